The number of aromatic nitrogens is 7. The Labute approximate surface area is 229 Å². The molecule has 10 nitrogen and oxygen atoms in total. The Morgan fingerprint density at radius 3 is 2.50 bits per heavy atom. The van der Waals surface area contributed by atoms with E-state index in [1.165, 1.54) is 12.1 Å². The van der Waals surface area contributed by atoms with Gasteiger partial charge in [-0.05, 0) is 61.0 Å². The first kappa shape index (κ1) is 27.9. The van der Waals surface area contributed by atoms with Crippen LogP contribution in [0.3, 0.4) is 0 Å². The number of rotatable bonds is 5. The van der Waals surface area contributed by atoms with Crippen LogP contribution < -0.4 is 5.32 Å². The monoisotopic (exact) mass is 538 g/mol. The molecule has 3 N–H and O–H groups in total. The van der Waals surface area contributed by atoms with Crippen LogP contribution in [0.1, 0.15) is 25.0 Å². The molecule has 11 heteroatoms. The van der Waals surface area contributed by atoms with Crippen LogP contribution in [0.5, 0.6) is 0 Å². The van der Waals surface area contributed by atoms with E-state index in [0.717, 1.165) is 44.3 Å². The predicted molar refractivity (Wildman–Crippen MR) is 149 cm³/mol. The summed E-state index contributed by atoms with van der Waals surface area (Å²) in [6.07, 6.45) is 9.07. The van der Waals surface area contributed by atoms with Crippen LogP contribution in [-0.2, 0) is 16.1 Å². The maximum atomic E-state index is 14.3. The minimum absolute atomic E-state index is 0.250. The summed E-state index contributed by atoms with van der Waals surface area (Å²) in [5.74, 6) is 0.301. The van der Waals surface area contributed by atoms with Crippen molar-refractivity contribution < 1.29 is 14.0 Å². The summed E-state index contributed by atoms with van der Waals surface area (Å²) in [5, 5.41) is 11.3. The second kappa shape index (κ2) is 12.6. The zero-order chi connectivity index (χ0) is 28.6. The SMILES string of the molecule is CC.CNCc1cc(F)cc(-c2cncc3[nH]c(-c4[nH]nc5ncc(-c6cnccc6C)cc45)nc23)c1.O=C=O. The highest BCUT2D eigenvalue weighted by Crippen LogP contribution is 2.33. The van der Waals surface area contributed by atoms with E-state index in [0.29, 0.717) is 29.2 Å². The van der Waals surface area contributed by atoms with E-state index in [1.54, 1.807) is 24.8 Å². The topological polar surface area (TPSA) is 142 Å². The van der Waals surface area contributed by atoms with Crippen LogP contribution >= 0.6 is 0 Å². The lowest BCUT2D eigenvalue weighted by atomic mass is 10.0. The molecule has 0 aliphatic rings. The van der Waals surface area contributed by atoms with Crippen molar-refractivity contribution in [1.82, 2.24) is 40.4 Å². The molecule has 0 spiro atoms. The molecule has 0 aliphatic heterocycles. The molecule has 5 heterocycles. The molecule has 0 atom stereocenters. The van der Waals surface area contributed by atoms with Crippen LogP contribution in [0.4, 0.5) is 4.39 Å². The zero-order valence-corrected chi connectivity index (χ0v) is 22.4. The van der Waals surface area contributed by atoms with Gasteiger partial charge in [0.15, 0.2) is 11.5 Å². The molecule has 6 rings (SSSR count). The standard InChI is InChI=1S/C26H21FN8.C2H6.CO2/c1-14-3-4-29-11-20(14)17-8-19-24(34-35-25(19)31-10-17)26-32-22-13-30-12-21(23(22)33-26)16-5-15(9-28-2)6-18(27)7-16;1-2;2-1-3/h3-8,10-13,28H,9H2,1-2H3,(H,32,33)(H,31,34,35);1-2H3;. The number of hydrogen-bond acceptors (Lipinski definition) is 8. The number of fused-ring (bicyclic) bond motifs is 2. The Kier molecular flexibility index (Phi) is 8.80. The lowest BCUT2D eigenvalue weighted by molar-refractivity contribution is -0.191. The molecule has 0 aliphatic carbocycles. The van der Waals surface area contributed by atoms with Gasteiger partial charge in [0.25, 0.3) is 0 Å². The number of pyridine rings is 3. The summed E-state index contributed by atoms with van der Waals surface area (Å²) in [5.41, 5.74) is 8.12. The molecule has 0 fully saturated rings. The number of nitrogens with zero attached hydrogens (tertiary/aromatic N) is 5. The van der Waals surface area contributed by atoms with Crippen LogP contribution in [-0.4, -0.2) is 48.3 Å². The number of carbonyl (C=O) groups excluding carboxylic acids is 2. The molecule has 202 valence electrons. The Bertz CT molecular complexity index is 1810. The molecular weight excluding hydrogens is 511 g/mol. The third-order valence-corrected chi connectivity index (χ3v) is 6.04. The third-order valence-electron chi connectivity index (χ3n) is 6.04. The van der Waals surface area contributed by atoms with Crippen molar-refractivity contribution in [3.63, 3.8) is 0 Å². The van der Waals surface area contributed by atoms with Gasteiger partial charge in [0.05, 0.1) is 22.6 Å². The first-order chi connectivity index (χ1) is 19.5. The lowest BCUT2D eigenvalue weighted by Crippen LogP contribution is -2.05. The van der Waals surface area contributed by atoms with E-state index >= 15 is 0 Å². The summed E-state index contributed by atoms with van der Waals surface area (Å²) in [6.45, 7) is 6.60. The highest BCUT2D eigenvalue weighted by molar-refractivity contribution is 5.96. The van der Waals surface area contributed by atoms with Gasteiger partial charge in [-0.3, -0.25) is 15.1 Å². The fourth-order valence-corrected chi connectivity index (χ4v) is 4.37. The van der Waals surface area contributed by atoms with Crippen molar-refractivity contribution in [2.45, 2.75) is 27.3 Å². The van der Waals surface area contributed by atoms with Crippen LogP contribution in [0, 0.1) is 12.7 Å². The first-order valence-electron chi connectivity index (χ1n) is 12.5. The number of nitrogens with one attached hydrogen (secondary N) is 3. The summed E-state index contributed by atoms with van der Waals surface area (Å²) in [4.78, 5) is 37.6. The van der Waals surface area contributed by atoms with Crippen molar-refractivity contribution in [2.24, 2.45) is 0 Å². The molecule has 5 aromatic heterocycles. The molecule has 0 unspecified atom stereocenters. The predicted octanol–water partition coefficient (Wildman–Crippen LogP) is 5.23. The lowest BCUT2D eigenvalue weighted by Gasteiger charge is -2.06. The fraction of sp³-hybridized carbons (Fsp3) is 0.172. The van der Waals surface area contributed by atoms with E-state index in [-0.39, 0.29) is 12.0 Å². The number of aryl methyl sites for hydroxylation is 1. The molecule has 0 saturated heterocycles. The minimum atomic E-state index is -0.302. The average molecular weight is 539 g/mol. The number of benzene rings is 1. The molecule has 6 aromatic rings. The Morgan fingerprint density at radius 2 is 1.75 bits per heavy atom. The fourth-order valence-electron chi connectivity index (χ4n) is 4.37. The number of H-pyrrole nitrogens is 2. The first-order valence-corrected chi connectivity index (χ1v) is 12.5. The second-order valence-corrected chi connectivity index (χ2v) is 8.51. The molecule has 1 aromatic carbocycles. The van der Waals surface area contributed by atoms with Crippen molar-refractivity contribution in [3.05, 3.63) is 78.3 Å². The van der Waals surface area contributed by atoms with Crippen molar-refractivity contribution in [1.29, 1.82) is 0 Å². The van der Waals surface area contributed by atoms with Crippen LogP contribution in [0.25, 0.3) is 55.8 Å². The van der Waals surface area contributed by atoms with E-state index < -0.39 is 0 Å². The second-order valence-electron chi connectivity index (χ2n) is 8.51. The van der Waals surface area contributed by atoms with Gasteiger partial charge in [0, 0.05) is 48.0 Å². The van der Waals surface area contributed by atoms with Gasteiger partial charge >= 0.3 is 6.15 Å². The number of halogens is 1. The van der Waals surface area contributed by atoms with Crippen molar-refractivity contribution >= 4 is 28.2 Å². The normalized spacial score (nSPS) is 10.4. The van der Waals surface area contributed by atoms with Crippen LogP contribution in [0.15, 0.2) is 61.3 Å². The van der Waals surface area contributed by atoms with Crippen molar-refractivity contribution in [2.75, 3.05) is 7.05 Å². The third kappa shape index (κ3) is 5.65. The highest BCUT2D eigenvalue weighted by atomic mass is 19.1. The zero-order valence-electron chi connectivity index (χ0n) is 22.4. The Morgan fingerprint density at radius 1 is 0.975 bits per heavy atom. The van der Waals surface area contributed by atoms with E-state index in [1.807, 2.05) is 52.2 Å². The maximum Gasteiger partial charge on any atom is 0.373 e. The molecule has 0 saturated carbocycles. The molecular formula is C29H27FN8O2. The molecule has 0 bridgehead atoms. The summed E-state index contributed by atoms with van der Waals surface area (Å²) >= 11 is 0. The number of imidazole rings is 1. The van der Waals surface area contributed by atoms with E-state index in [4.69, 9.17) is 14.6 Å². The van der Waals surface area contributed by atoms with Gasteiger partial charge in [0.2, 0.25) is 0 Å². The summed E-state index contributed by atoms with van der Waals surface area (Å²) in [6, 6.07) is 8.98. The van der Waals surface area contributed by atoms with Gasteiger partial charge in [0.1, 0.15) is 11.5 Å². The largest absolute Gasteiger partial charge is 0.373 e. The smallest absolute Gasteiger partial charge is 0.335 e. The quantitative estimate of drug-likeness (QED) is 0.271. The highest BCUT2D eigenvalue weighted by Gasteiger charge is 2.17. The maximum absolute atomic E-state index is 14.3. The van der Waals surface area contributed by atoms with E-state index in [2.05, 4.69) is 35.5 Å². The van der Waals surface area contributed by atoms with Crippen LogP contribution in [0.2, 0.25) is 0 Å². The van der Waals surface area contributed by atoms with Gasteiger partial charge in [-0.15, -0.1) is 0 Å². The number of hydrogen-bond donors (Lipinski definition) is 3. The van der Waals surface area contributed by atoms with Gasteiger partial charge in [-0.1, -0.05) is 13.8 Å². The molecule has 0 amide bonds. The Hall–Kier alpha value is -5.12. The summed E-state index contributed by atoms with van der Waals surface area (Å²) < 4.78 is 14.3. The molecule has 40 heavy (non-hydrogen) atoms. The Balaban J connectivity index is 0.000000695. The average Bonchev–Trinajstić information content (AvgIpc) is 3.58. The van der Waals surface area contributed by atoms with Crippen molar-refractivity contribution in [3.8, 4) is 33.8 Å². The minimum Gasteiger partial charge on any atom is -0.335 e. The summed E-state index contributed by atoms with van der Waals surface area (Å²) in [7, 11) is 1.83. The van der Waals surface area contributed by atoms with E-state index in [9.17, 15) is 4.39 Å². The van der Waals surface area contributed by atoms with Gasteiger partial charge < -0.3 is 10.3 Å². The van der Waals surface area contributed by atoms with Gasteiger partial charge in [-0.2, -0.15) is 14.7 Å². The van der Waals surface area contributed by atoms with Gasteiger partial charge in [-0.25, -0.2) is 14.4 Å². The molecule has 0 radical (unpaired) electrons. The number of aromatic amines is 2.